The molecular formula is C22H24FN3O2S. The Balaban J connectivity index is 1.42. The first-order chi connectivity index (χ1) is 14.0. The Bertz CT molecular complexity index is 941. The van der Waals surface area contributed by atoms with E-state index in [-0.39, 0.29) is 21.8 Å². The summed E-state index contributed by atoms with van der Waals surface area (Å²) in [6.07, 6.45) is 4.72. The van der Waals surface area contributed by atoms with Crippen LogP contribution in [0.25, 0.3) is 0 Å². The molecule has 5 nitrogen and oxygen atoms in total. The Morgan fingerprint density at radius 1 is 1.17 bits per heavy atom. The van der Waals surface area contributed by atoms with Gasteiger partial charge in [-0.15, -0.1) is 0 Å². The molecule has 1 saturated carbocycles. The summed E-state index contributed by atoms with van der Waals surface area (Å²) >= 11 is 1.40. The Morgan fingerprint density at radius 2 is 1.93 bits per heavy atom. The van der Waals surface area contributed by atoms with E-state index in [0.717, 1.165) is 49.6 Å². The van der Waals surface area contributed by atoms with Crippen LogP contribution in [-0.4, -0.2) is 36.0 Å². The maximum absolute atomic E-state index is 14.2. The van der Waals surface area contributed by atoms with Crippen LogP contribution in [0.15, 0.2) is 47.4 Å². The van der Waals surface area contributed by atoms with E-state index in [1.165, 1.54) is 43.5 Å². The van der Waals surface area contributed by atoms with Crippen LogP contribution >= 0.6 is 11.9 Å². The van der Waals surface area contributed by atoms with Gasteiger partial charge in [-0.1, -0.05) is 12.1 Å². The molecule has 2 aromatic rings. The van der Waals surface area contributed by atoms with Crippen molar-refractivity contribution in [2.45, 2.75) is 36.0 Å². The summed E-state index contributed by atoms with van der Waals surface area (Å²) in [6.45, 7) is 4.04. The molecule has 3 aliphatic rings. The van der Waals surface area contributed by atoms with Crippen molar-refractivity contribution < 1.29 is 9.31 Å². The van der Waals surface area contributed by atoms with E-state index in [0.29, 0.717) is 4.90 Å². The maximum atomic E-state index is 14.2. The van der Waals surface area contributed by atoms with Crippen LogP contribution in [0.5, 0.6) is 0 Å². The van der Waals surface area contributed by atoms with Gasteiger partial charge in [-0.25, -0.2) is 4.39 Å². The normalized spacial score (nSPS) is 20.8. The number of hydrogen-bond acceptors (Lipinski definition) is 5. The molecule has 0 radical (unpaired) electrons. The van der Waals surface area contributed by atoms with Gasteiger partial charge in [0, 0.05) is 24.6 Å². The number of nitro benzene ring substituents is 1. The second kappa shape index (κ2) is 7.29. The van der Waals surface area contributed by atoms with Gasteiger partial charge in [0.2, 0.25) is 0 Å². The Morgan fingerprint density at radius 3 is 2.66 bits per heavy atom. The zero-order chi connectivity index (χ0) is 20.0. The van der Waals surface area contributed by atoms with Gasteiger partial charge in [0.1, 0.15) is 10.7 Å². The highest BCUT2D eigenvalue weighted by Gasteiger charge is 2.46. The SMILES string of the molecule is O=[N+]([O-])c1ccccc1SN1CC2(CCN(CC3CC3)CC2)c2cc(F)ccc21. The molecule has 29 heavy (non-hydrogen) atoms. The van der Waals surface area contributed by atoms with Crippen molar-refractivity contribution >= 4 is 23.3 Å². The molecule has 1 aliphatic carbocycles. The zero-order valence-electron chi connectivity index (χ0n) is 16.2. The van der Waals surface area contributed by atoms with Crippen molar-refractivity contribution in [3.63, 3.8) is 0 Å². The zero-order valence-corrected chi connectivity index (χ0v) is 17.0. The number of rotatable bonds is 5. The number of nitro groups is 1. The van der Waals surface area contributed by atoms with E-state index in [4.69, 9.17) is 0 Å². The minimum atomic E-state index is -0.337. The van der Waals surface area contributed by atoms with E-state index >= 15 is 0 Å². The number of halogens is 1. The second-order valence-electron chi connectivity index (χ2n) is 8.54. The van der Waals surface area contributed by atoms with E-state index in [2.05, 4.69) is 9.21 Å². The van der Waals surface area contributed by atoms with Gasteiger partial charge in [0.15, 0.2) is 0 Å². The number of nitrogens with zero attached hydrogens (tertiary/aromatic N) is 3. The number of hydrogen-bond donors (Lipinski definition) is 0. The summed E-state index contributed by atoms with van der Waals surface area (Å²) in [6, 6.07) is 11.8. The number of benzene rings is 2. The van der Waals surface area contributed by atoms with Crippen molar-refractivity contribution in [1.29, 1.82) is 0 Å². The van der Waals surface area contributed by atoms with E-state index in [9.17, 15) is 14.5 Å². The Hall–Kier alpha value is -2.12. The topological polar surface area (TPSA) is 49.6 Å². The molecule has 0 N–H and O–H groups in total. The first-order valence-electron chi connectivity index (χ1n) is 10.3. The van der Waals surface area contributed by atoms with Crippen LogP contribution in [0.1, 0.15) is 31.2 Å². The highest BCUT2D eigenvalue weighted by atomic mass is 32.2. The first kappa shape index (κ1) is 18.9. The van der Waals surface area contributed by atoms with Crippen LogP contribution in [0.3, 0.4) is 0 Å². The molecule has 0 unspecified atom stereocenters. The van der Waals surface area contributed by atoms with Crippen LogP contribution in [0.2, 0.25) is 0 Å². The minimum Gasteiger partial charge on any atom is -0.311 e. The van der Waals surface area contributed by atoms with Crippen molar-refractivity contribution in [3.05, 3.63) is 64.0 Å². The highest BCUT2D eigenvalue weighted by molar-refractivity contribution is 8.00. The van der Waals surface area contributed by atoms with Crippen LogP contribution < -0.4 is 4.31 Å². The first-order valence-corrected chi connectivity index (χ1v) is 11.0. The number of likely N-dealkylation sites (tertiary alicyclic amines) is 1. The molecule has 1 saturated heterocycles. The van der Waals surface area contributed by atoms with Crippen LogP contribution in [-0.2, 0) is 5.41 Å². The smallest absolute Gasteiger partial charge is 0.284 e. The summed E-state index contributed by atoms with van der Waals surface area (Å²) in [5.41, 5.74) is 2.09. The quantitative estimate of drug-likeness (QED) is 0.392. The fraction of sp³-hybridized carbons (Fsp3) is 0.455. The standard InChI is InChI=1S/C22H24FN3O2S/c23-17-7-8-19-18(13-17)22(9-11-24(12-10-22)14-16-5-6-16)15-25(19)29-21-4-2-1-3-20(21)26(27)28/h1-4,7-8,13,16H,5-6,9-12,14-15H2. The van der Waals surface area contributed by atoms with Crippen LogP contribution in [0, 0.1) is 21.8 Å². The van der Waals surface area contributed by atoms with Gasteiger partial charge >= 0.3 is 0 Å². The molecule has 5 rings (SSSR count). The molecule has 0 bridgehead atoms. The maximum Gasteiger partial charge on any atom is 0.284 e. The average Bonchev–Trinajstić information content (AvgIpc) is 3.48. The van der Waals surface area contributed by atoms with E-state index in [1.807, 2.05) is 12.1 Å². The van der Waals surface area contributed by atoms with Crippen molar-refractivity contribution in [3.8, 4) is 0 Å². The van der Waals surface area contributed by atoms with Crippen molar-refractivity contribution in [2.75, 3.05) is 30.5 Å². The average molecular weight is 414 g/mol. The molecule has 2 aromatic carbocycles. The monoisotopic (exact) mass is 413 g/mol. The predicted octanol–water partition coefficient (Wildman–Crippen LogP) is 5.00. The van der Waals surface area contributed by atoms with Gasteiger partial charge < -0.3 is 9.21 Å². The fourth-order valence-electron chi connectivity index (χ4n) is 4.74. The van der Waals surface area contributed by atoms with Gasteiger partial charge in [-0.2, -0.15) is 0 Å². The van der Waals surface area contributed by atoms with Gasteiger partial charge in [0.05, 0.1) is 10.6 Å². The van der Waals surface area contributed by atoms with Gasteiger partial charge in [-0.05, 0) is 86.5 Å². The number of fused-ring (bicyclic) bond motifs is 2. The van der Waals surface area contributed by atoms with E-state index < -0.39 is 0 Å². The largest absolute Gasteiger partial charge is 0.311 e. The molecule has 0 amide bonds. The lowest BCUT2D eigenvalue weighted by Gasteiger charge is -2.40. The number of anilines is 1. The minimum absolute atomic E-state index is 0.0754. The lowest BCUT2D eigenvalue weighted by atomic mass is 9.74. The molecule has 2 heterocycles. The fourth-order valence-corrected chi connectivity index (χ4v) is 5.92. The molecular weight excluding hydrogens is 389 g/mol. The third-order valence-corrected chi connectivity index (χ3v) is 7.63. The molecule has 152 valence electrons. The number of piperidine rings is 1. The molecule has 0 aromatic heterocycles. The molecule has 7 heteroatoms. The third-order valence-electron chi connectivity index (χ3n) is 6.54. The number of para-hydroxylation sites is 1. The third kappa shape index (κ3) is 3.62. The highest BCUT2D eigenvalue weighted by Crippen LogP contribution is 2.51. The van der Waals surface area contributed by atoms with Gasteiger partial charge in [0.25, 0.3) is 5.69 Å². The van der Waals surface area contributed by atoms with E-state index in [1.54, 1.807) is 18.2 Å². The summed E-state index contributed by atoms with van der Waals surface area (Å²) in [5.74, 6) is 0.670. The van der Waals surface area contributed by atoms with Crippen LogP contribution in [0.4, 0.5) is 15.8 Å². The van der Waals surface area contributed by atoms with Crippen molar-refractivity contribution in [1.82, 2.24) is 4.90 Å². The molecule has 2 aliphatic heterocycles. The summed E-state index contributed by atoms with van der Waals surface area (Å²) in [5, 5.41) is 11.4. The lowest BCUT2D eigenvalue weighted by molar-refractivity contribution is -0.387. The molecule has 1 spiro atoms. The Labute approximate surface area is 174 Å². The second-order valence-corrected chi connectivity index (χ2v) is 9.60. The summed E-state index contributed by atoms with van der Waals surface area (Å²) in [7, 11) is 0. The molecule has 2 fully saturated rings. The van der Waals surface area contributed by atoms with Crippen molar-refractivity contribution in [2.24, 2.45) is 5.92 Å². The Kier molecular flexibility index (Phi) is 4.75. The summed E-state index contributed by atoms with van der Waals surface area (Å²) < 4.78 is 16.3. The summed E-state index contributed by atoms with van der Waals surface area (Å²) in [4.78, 5) is 14.3. The predicted molar refractivity (Wildman–Crippen MR) is 113 cm³/mol. The lowest BCUT2D eigenvalue weighted by Crippen LogP contribution is -2.45. The van der Waals surface area contributed by atoms with Gasteiger partial charge in [-0.3, -0.25) is 10.1 Å². The molecule has 0 atom stereocenters.